The Morgan fingerprint density at radius 2 is 1.11 bits per heavy atom. The number of hydrogen-bond acceptors (Lipinski definition) is 5. The van der Waals surface area contributed by atoms with Gasteiger partial charge in [0.1, 0.15) is 6.10 Å². The molecule has 2 atom stereocenters. The van der Waals surface area contributed by atoms with Crippen molar-refractivity contribution >= 4 is 0 Å². The van der Waals surface area contributed by atoms with Gasteiger partial charge in [-0.3, -0.25) is 0 Å². The summed E-state index contributed by atoms with van der Waals surface area (Å²) < 4.78 is 17.2. The molecule has 0 aliphatic heterocycles. The molecular formula is C31H36O5. The van der Waals surface area contributed by atoms with Gasteiger partial charge in [-0.05, 0) is 27.8 Å². The van der Waals surface area contributed by atoms with E-state index >= 15 is 0 Å². The summed E-state index contributed by atoms with van der Waals surface area (Å²) in [5.41, 5.74) is 4.40. The van der Waals surface area contributed by atoms with Gasteiger partial charge in [0.2, 0.25) is 0 Å². The fourth-order valence-corrected chi connectivity index (χ4v) is 3.63. The molecule has 3 aromatic rings. The van der Waals surface area contributed by atoms with Crippen molar-refractivity contribution in [2.75, 3.05) is 19.8 Å². The molecule has 0 radical (unpaired) electrons. The van der Waals surface area contributed by atoms with E-state index in [0.29, 0.717) is 32.0 Å². The molecule has 5 nitrogen and oxygen atoms in total. The molecule has 0 saturated carbocycles. The van der Waals surface area contributed by atoms with E-state index in [-0.39, 0.29) is 19.6 Å². The van der Waals surface area contributed by atoms with E-state index in [1.54, 1.807) is 0 Å². The van der Waals surface area contributed by atoms with Gasteiger partial charge in [-0.25, -0.2) is 0 Å². The zero-order chi connectivity index (χ0) is 25.4. The van der Waals surface area contributed by atoms with E-state index in [1.807, 2.05) is 97.1 Å². The maximum atomic E-state index is 10.7. The summed E-state index contributed by atoms with van der Waals surface area (Å²) in [4.78, 5) is 0. The Labute approximate surface area is 214 Å². The van der Waals surface area contributed by atoms with Crippen LogP contribution < -0.4 is 0 Å². The topological polar surface area (TPSA) is 68.2 Å². The summed E-state index contributed by atoms with van der Waals surface area (Å²) in [6.07, 6.45) is 0.513. The average Bonchev–Trinajstić information content (AvgIpc) is 2.91. The van der Waals surface area contributed by atoms with E-state index in [2.05, 4.69) is 6.58 Å². The highest BCUT2D eigenvalue weighted by Gasteiger charge is 2.17. The quantitative estimate of drug-likeness (QED) is 0.213. The van der Waals surface area contributed by atoms with Crippen LogP contribution in [0.3, 0.4) is 0 Å². The van der Waals surface area contributed by atoms with Gasteiger partial charge in [0, 0.05) is 6.42 Å². The van der Waals surface area contributed by atoms with Crippen LogP contribution in [-0.2, 0) is 34.0 Å². The molecule has 36 heavy (non-hydrogen) atoms. The zero-order valence-corrected chi connectivity index (χ0v) is 20.7. The predicted octanol–water partition coefficient (Wildman–Crippen LogP) is 5.23. The Kier molecular flexibility index (Phi) is 12.1. The highest BCUT2D eigenvalue weighted by atomic mass is 16.5. The van der Waals surface area contributed by atoms with E-state index in [9.17, 15) is 10.2 Å². The average molecular weight is 489 g/mol. The number of ether oxygens (including phenoxy) is 3. The number of rotatable bonds is 16. The Balaban J connectivity index is 1.52. The Morgan fingerprint density at radius 1 is 0.667 bits per heavy atom. The van der Waals surface area contributed by atoms with Gasteiger partial charge in [-0.15, -0.1) is 0 Å². The number of aliphatic hydroxyl groups is 2. The highest BCUT2D eigenvalue weighted by Crippen LogP contribution is 2.20. The molecule has 3 rings (SSSR count). The Hall–Kier alpha value is -3.06. The smallest absolute Gasteiger partial charge is 0.102 e. The molecule has 0 fully saturated rings. The molecule has 0 bridgehead atoms. The van der Waals surface area contributed by atoms with Crippen molar-refractivity contribution in [2.45, 2.75) is 38.4 Å². The van der Waals surface area contributed by atoms with E-state index in [1.165, 1.54) is 0 Å². The standard InChI is InChI=1S/C31H36O5/c1-25(31(33)24-36-22-28-15-9-4-10-16-28)29(17-18-34-20-26-11-5-2-6-12-26)19-30(32)23-35-21-27-13-7-3-8-14-27/h2-17,30-33H,1,18-24H2/b29-17-/t30-,31+/m0/s1. The van der Waals surface area contributed by atoms with Crippen molar-refractivity contribution in [3.8, 4) is 0 Å². The molecule has 0 aromatic heterocycles. The van der Waals surface area contributed by atoms with Crippen molar-refractivity contribution in [3.05, 3.63) is 131 Å². The minimum Gasteiger partial charge on any atom is -0.390 e. The van der Waals surface area contributed by atoms with Gasteiger partial charge in [0.05, 0.1) is 45.7 Å². The van der Waals surface area contributed by atoms with Gasteiger partial charge >= 0.3 is 0 Å². The monoisotopic (exact) mass is 488 g/mol. The molecule has 3 aromatic carbocycles. The lowest BCUT2D eigenvalue weighted by Crippen LogP contribution is -2.22. The largest absolute Gasteiger partial charge is 0.390 e. The van der Waals surface area contributed by atoms with Crippen LogP contribution in [-0.4, -0.2) is 42.2 Å². The minimum absolute atomic E-state index is 0.108. The first-order chi connectivity index (χ1) is 17.6. The van der Waals surface area contributed by atoms with Gasteiger partial charge < -0.3 is 24.4 Å². The van der Waals surface area contributed by atoms with Crippen LogP contribution in [0.5, 0.6) is 0 Å². The summed E-state index contributed by atoms with van der Waals surface area (Å²) in [5, 5.41) is 21.3. The second-order valence-electron chi connectivity index (χ2n) is 8.63. The van der Waals surface area contributed by atoms with Crippen molar-refractivity contribution in [3.63, 3.8) is 0 Å². The van der Waals surface area contributed by atoms with Crippen molar-refractivity contribution < 1.29 is 24.4 Å². The van der Waals surface area contributed by atoms with Gasteiger partial charge in [-0.2, -0.15) is 0 Å². The van der Waals surface area contributed by atoms with Crippen LogP contribution >= 0.6 is 0 Å². The third-order valence-electron chi connectivity index (χ3n) is 5.64. The number of aliphatic hydroxyl groups excluding tert-OH is 2. The molecule has 0 aliphatic rings. The normalized spacial score (nSPS) is 13.3. The fourth-order valence-electron chi connectivity index (χ4n) is 3.63. The van der Waals surface area contributed by atoms with Crippen LogP contribution in [0, 0.1) is 0 Å². The minimum atomic E-state index is -0.897. The Morgan fingerprint density at radius 3 is 1.61 bits per heavy atom. The molecule has 0 heterocycles. The van der Waals surface area contributed by atoms with Crippen LogP contribution in [0.25, 0.3) is 0 Å². The first-order valence-electron chi connectivity index (χ1n) is 12.2. The van der Waals surface area contributed by atoms with Gasteiger partial charge in [0.25, 0.3) is 0 Å². The lowest BCUT2D eigenvalue weighted by molar-refractivity contribution is 0.0271. The second kappa shape index (κ2) is 15.8. The van der Waals surface area contributed by atoms with Crippen LogP contribution in [0.2, 0.25) is 0 Å². The van der Waals surface area contributed by atoms with Gasteiger partial charge in [-0.1, -0.05) is 104 Å². The summed E-state index contributed by atoms with van der Waals surface area (Å²) in [5.74, 6) is 0. The maximum absolute atomic E-state index is 10.7. The van der Waals surface area contributed by atoms with Crippen LogP contribution in [0.15, 0.2) is 115 Å². The number of benzene rings is 3. The molecule has 5 heteroatoms. The van der Waals surface area contributed by atoms with Crippen molar-refractivity contribution in [1.82, 2.24) is 0 Å². The molecule has 0 aliphatic carbocycles. The fraction of sp³-hybridized carbons (Fsp3) is 0.290. The van der Waals surface area contributed by atoms with E-state index in [4.69, 9.17) is 14.2 Å². The maximum Gasteiger partial charge on any atom is 0.102 e. The van der Waals surface area contributed by atoms with E-state index in [0.717, 1.165) is 22.3 Å². The summed E-state index contributed by atoms with van der Waals surface area (Å²) in [6.45, 7) is 6.01. The van der Waals surface area contributed by atoms with Crippen LogP contribution in [0.4, 0.5) is 0 Å². The molecule has 190 valence electrons. The highest BCUT2D eigenvalue weighted by molar-refractivity contribution is 5.32. The zero-order valence-electron chi connectivity index (χ0n) is 20.7. The summed E-state index contributed by atoms with van der Waals surface area (Å²) in [6, 6.07) is 29.5. The van der Waals surface area contributed by atoms with Crippen LogP contribution in [0.1, 0.15) is 23.1 Å². The first-order valence-corrected chi connectivity index (χ1v) is 12.2. The molecule has 0 saturated heterocycles. The van der Waals surface area contributed by atoms with E-state index < -0.39 is 12.2 Å². The van der Waals surface area contributed by atoms with Gasteiger partial charge in [0.15, 0.2) is 0 Å². The first kappa shape index (κ1) is 27.5. The second-order valence-corrected chi connectivity index (χ2v) is 8.63. The molecule has 0 spiro atoms. The predicted molar refractivity (Wildman–Crippen MR) is 142 cm³/mol. The molecule has 2 N–H and O–H groups in total. The number of hydrogen-bond donors (Lipinski definition) is 2. The molecular weight excluding hydrogens is 452 g/mol. The third-order valence-corrected chi connectivity index (χ3v) is 5.64. The summed E-state index contributed by atoms with van der Waals surface area (Å²) in [7, 11) is 0. The van der Waals surface area contributed by atoms with Crippen molar-refractivity contribution in [1.29, 1.82) is 0 Å². The lowest BCUT2D eigenvalue weighted by atomic mass is 9.97. The third kappa shape index (κ3) is 10.3. The Bertz CT molecular complexity index is 1030. The summed E-state index contributed by atoms with van der Waals surface area (Å²) >= 11 is 0. The lowest BCUT2D eigenvalue weighted by Gasteiger charge is -2.20. The molecule has 0 amide bonds. The molecule has 0 unspecified atom stereocenters. The SMILES string of the molecule is C=C(/C(=C\COCc1ccccc1)C[C@H](O)COCc1ccccc1)[C@H](O)COCc1ccccc1. The van der Waals surface area contributed by atoms with Crippen molar-refractivity contribution in [2.24, 2.45) is 0 Å².